The van der Waals surface area contributed by atoms with Gasteiger partial charge in [0.1, 0.15) is 11.0 Å². The average molecular weight is 242 g/mol. The highest BCUT2D eigenvalue weighted by Gasteiger charge is 2.02. The normalized spacial score (nSPS) is 9.90. The van der Waals surface area contributed by atoms with Crippen molar-refractivity contribution in [1.29, 1.82) is 0 Å². The topological polar surface area (TPSA) is 38.9 Å². The third-order valence-corrected chi connectivity index (χ3v) is 2.22. The number of halogens is 3. The molecule has 0 atom stereocenters. The molecule has 10 heavy (non-hydrogen) atoms. The molecule has 1 aromatic rings. The molecule has 0 bridgehead atoms. The lowest BCUT2D eigenvalue weighted by Gasteiger charge is -1.98. The van der Waals surface area contributed by atoms with Crippen LogP contribution in [-0.2, 0) is 0 Å². The van der Waals surface area contributed by atoms with Crippen molar-refractivity contribution in [3.8, 4) is 0 Å². The molecule has 0 spiro atoms. The third kappa shape index (κ3) is 1.54. The number of rotatable bonds is 0. The number of nitrogen functional groups attached to an aromatic ring is 1. The van der Waals surface area contributed by atoms with Crippen molar-refractivity contribution in [2.24, 2.45) is 0 Å². The molecule has 0 aliphatic carbocycles. The fourth-order valence-corrected chi connectivity index (χ4v) is 1.20. The van der Waals surface area contributed by atoms with Gasteiger partial charge in [-0.2, -0.15) is 0 Å². The molecule has 0 fully saturated rings. The maximum absolute atomic E-state index is 5.61. The summed E-state index contributed by atoms with van der Waals surface area (Å²) in [7, 11) is 0. The summed E-state index contributed by atoms with van der Waals surface area (Å²) in [5.74, 6) is 0.342. The van der Waals surface area contributed by atoms with Gasteiger partial charge in [0.05, 0.1) is 9.50 Å². The Labute approximate surface area is 76.5 Å². The molecule has 0 radical (unpaired) electrons. The first-order chi connectivity index (χ1) is 4.61. The summed E-state index contributed by atoms with van der Waals surface area (Å²) >= 11 is 14.3. The van der Waals surface area contributed by atoms with Crippen LogP contribution in [0.4, 0.5) is 5.82 Å². The van der Waals surface area contributed by atoms with Gasteiger partial charge in [-0.15, -0.1) is 0 Å². The summed E-state index contributed by atoms with van der Waals surface area (Å²) in [5.41, 5.74) is 5.39. The van der Waals surface area contributed by atoms with Crippen LogP contribution in [0, 0.1) is 0 Å². The Bertz CT molecular complexity index is 214. The zero-order valence-electron chi connectivity index (χ0n) is 4.74. The van der Waals surface area contributed by atoms with Crippen LogP contribution in [0.3, 0.4) is 0 Å². The van der Waals surface area contributed by atoms with E-state index in [9.17, 15) is 0 Å². The van der Waals surface area contributed by atoms with Gasteiger partial charge in [-0.1, -0.05) is 23.2 Å². The standard InChI is InChI=1S/C5H3BrCl2N2/c6-2-1-3(7)4(8)10-5(2)9/h1H,(H2,9,10). The number of nitrogens with zero attached hydrogens (tertiary/aromatic N) is 1. The number of hydrogen-bond donors (Lipinski definition) is 1. The van der Waals surface area contributed by atoms with Crippen LogP contribution in [0.15, 0.2) is 10.5 Å². The maximum atomic E-state index is 5.61. The molecule has 54 valence electrons. The van der Waals surface area contributed by atoms with Crippen LogP contribution < -0.4 is 5.73 Å². The smallest absolute Gasteiger partial charge is 0.150 e. The van der Waals surface area contributed by atoms with E-state index < -0.39 is 0 Å². The second kappa shape index (κ2) is 2.95. The van der Waals surface area contributed by atoms with Crippen LogP contribution >= 0.6 is 39.1 Å². The minimum absolute atomic E-state index is 0.224. The second-order valence-electron chi connectivity index (χ2n) is 1.63. The van der Waals surface area contributed by atoms with E-state index in [1.165, 1.54) is 0 Å². The quantitative estimate of drug-likeness (QED) is 0.710. The Morgan fingerprint density at radius 2 is 2.10 bits per heavy atom. The molecule has 1 aromatic heterocycles. The minimum atomic E-state index is 0.224. The molecule has 5 heteroatoms. The number of anilines is 1. The van der Waals surface area contributed by atoms with Crippen LogP contribution in [0.25, 0.3) is 0 Å². The van der Waals surface area contributed by atoms with E-state index in [1.54, 1.807) is 6.07 Å². The predicted octanol–water partition coefficient (Wildman–Crippen LogP) is 2.73. The van der Waals surface area contributed by atoms with Gasteiger partial charge in [0, 0.05) is 0 Å². The molecule has 1 rings (SSSR count). The van der Waals surface area contributed by atoms with Crippen molar-refractivity contribution in [2.45, 2.75) is 0 Å². The third-order valence-electron chi connectivity index (χ3n) is 0.914. The number of pyridine rings is 1. The van der Waals surface area contributed by atoms with Gasteiger partial charge in [-0.25, -0.2) is 4.98 Å². The zero-order chi connectivity index (χ0) is 7.72. The molecule has 1 heterocycles. The van der Waals surface area contributed by atoms with Crippen molar-refractivity contribution in [1.82, 2.24) is 4.98 Å². The summed E-state index contributed by atoms with van der Waals surface area (Å²) < 4.78 is 0.655. The largest absolute Gasteiger partial charge is 0.383 e. The first kappa shape index (κ1) is 8.11. The average Bonchev–Trinajstić information content (AvgIpc) is 1.84. The molecule has 0 saturated heterocycles. The highest BCUT2D eigenvalue weighted by Crippen LogP contribution is 2.26. The molecule has 0 aromatic carbocycles. The van der Waals surface area contributed by atoms with E-state index in [-0.39, 0.29) is 5.15 Å². The first-order valence-electron chi connectivity index (χ1n) is 2.38. The van der Waals surface area contributed by atoms with Gasteiger partial charge in [0.15, 0.2) is 0 Å². The van der Waals surface area contributed by atoms with E-state index in [2.05, 4.69) is 20.9 Å². The fourth-order valence-electron chi connectivity index (χ4n) is 0.457. The lowest BCUT2D eigenvalue weighted by atomic mass is 10.5. The van der Waals surface area contributed by atoms with Gasteiger partial charge in [-0.3, -0.25) is 0 Å². The van der Waals surface area contributed by atoms with Gasteiger partial charge in [-0.05, 0) is 22.0 Å². The van der Waals surface area contributed by atoms with Gasteiger partial charge < -0.3 is 5.73 Å². The van der Waals surface area contributed by atoms with E-state index in [4.69, 9.17) is 28.9 Å². The Balaban J connectivity index is 3.28. The van der Waals surface area contributed by atoms with E-state index in [0.717, 1.165) is 0 Å². The summed E-state index contributed by atoms with van der Waals surface area (Å²) in [6.45, 7) is 0. The highest BCUT2D eigenvalue weighted by atomic mass is 79.9. The fraction of sp³-hybridized carbons (Fsp3) is 0. The van der Waals surface area contributed by atoms with Crippen molar-refractivity contribution in [3.63, 3.8) is 0 Å². The molecular formula is C5H3BrCl2N2. The number of aromatic nitrogens is 1. The van der Waals surface area contributed by atoms with E-state index in [0.29, 0.717) is 15.3 Å². The summed E-state index contributed by atoms with van der Waals surface area (Å²) in [6.07, 6.45) is 0. The number of hydrogen-bond acceptors (Lipinski definition) is 2. The highest BCUT2D eigenvalue weighted by molar-refractivity contribution is 9.10. The Morgan fingerprint density at radius 3 is 2.60 bits per heavy atom. The molecule has 0 aliphatic heterocycles. The van der Waals surface area contributed by atoms with Crippen LogP contribution in [0.1, 0.15) is 0 Å². The molecule has 0 unspecified atom stereocenters. The molecular weight excluding hydrogens is 239 g/mol. The lowest BCUT2D eigenvalue weighted by Crippen LogP contribution is -1.91. The molecule has 0 saturated carbocycles. The SMILES string of the molecule is Nc1nc(Cl)c(Cl)cc1Br. The van der Waals surface area contributed by atoms with Crippen LogP contribution in [0.2, 0.25) is 10.2 Å². The van der Waals surface area contributed by atoms with Gasteiger partial charge >= 0.3 is 0 Å². The van der Waals surface area contributed by atoms with E-state index in [1.807, 2.05) is 0 Å². The summed E-state index contributed by atoms with van der Waals surface area (Å²) in [5, 5.41) is 0.616. The predicted molar refractivity (Wildman–Crippen MR) is 46.4 cm³/mol. The van der Waals surface area contributed by atoms with Crippen molar-refractivity contribution >= 4 is 44.9 Å². The van der Waals surface area contributed by atoms with Crippen LogP contribution in [-0.4, -0.2) is 4.98 Å². The summed E-state index contributed by atoms with van der Waals surface area (Å²) in [4.78, 5) is 3.74. The Morgan fingerprint density at radius 1 is 1.50 bits per heavy atom. The Hall–Kier alpha value is 0.01000. The Kier molecular flexibility index (Phi) is 2.39. The monoisotopic (exact) mass is 240 g/mol. The molecule has 0 amide bonds. The second-order valence-corrected chi connectivity index (χ2v) is 3.25. The zero-order valence-corrected chi connectivity index (χ0v) is 7.83. The van der Waals surface area contributed by atoms with Crippen molar-refractivity contribution in [3.05, 3.63) is 20.7 Å². The first-order valence-corrected chi connectivity index (χ1v) is 3.93. The number of nitrogens with two attached hydrogens (primary N) is 1. The van der Waals surface area contributed by atoms with Crippen molar-refractivity contribution in [2.75, 3.05) is 5.73 Å². The summed E-state index contributed by atoms with van der Waals surface area (Å²) in [6, 6.07) is 1.60. The van der Waals surface area contributed by atoms with Gasteiger partial charge in [0.25, 0.3) is 0 Å². The van der Waals surface area contributed by atoms with Gasteiger partial charge in [0.2, 0.25) is 0 Å². The molecule has 2 N–H and O–H groups in total. The minimum Gasteiger partial charge on any atom is -0.383 e. The molecule has 0 aliphatic rings. The maximum Gasteiger partial charge on any atom is 0.150 e. The van der Waals surface area contributed by atoms with Crippen molar-refractivity contribution < 1.29 is 0 Å². The van der Waals surface area contributed by atoms with Crippen LogP contribution in [0.5, 0.6) is 0 Å². The van der Waals surface area contributed by atoms with E-state index >= 15 is 0 Å². The molecule has 2 nitrogen and oxygen atoms in total. The lowest BCUT2D eigenvalue weighted by molar-refractivity contribution is 1.32.